The van der Waals surface area contributed by atoms with Gasteiger partial charge in [0.05, 0.1) is 13.0 Å². The van der Waals surface area contributed by atoms with E-state index >= 15 is 0 Å². The first-order valence-electron chi connectivity index (χ1n) is 7.38. The molecule has 0 aromatic heterocycles. The lowest BCUT2D eigenvalue weighted by atomic mass is 9.88. The van der Waals surface area contributed by atoms with Crippen LogP contribution >= 0.6 is 0 Å². The minimum Gasteiger partial charge on any atom is -0.469 e. The molecule has 0 aliphatic heterocycles. The van der Waals surface area contributed by atoms with Crippen LogP contribution in [-0.4, -0.2) is 13.1 Å². The summed E-state index contributed by atoms with van der Waals surface area (Å²) < 4.78 is 4.88. The molecule has 1 aliphatic rings. The van der Waals surface area contributed by atoms with Gasteiger partial charge in [-0.2, -0.15) is 0 Å². The Kier molecular flexibility index (Phi) is 7.07. The van der Waals surface area contributed by atoms with E-state index < -0.39 is 0 Å². The van der Waals surface area contributed by atoms with Gasteiger partial charge in [0, 0.05) is 0 Å². The highest BCUT2D eigenvalue weighted by atomic mass is 16.5. The molecule has 1 atom stereocenters. The molecule has 0 radical (unpaired) electrons. The number of allylic oxidation sites excluding steroid dienone is 2. The predicted octanol–water partition coefficient (Wildman–Crippen LogP) is 4.35. The van der Waals surface area contributed by atoms with Gasteiger partial charge in [-0.15, -0.1) is 0 Å². The van der Waals surface area contributed by atoms with E-state index in [0.717, 1.165) is 18.8 Å². The summed E-state index contributed by atoms with van der Waals surface area (Å²) in [4.78, 5) is 11.7. The Morgan fingerprint density at radius 3 is 2.50 bits per heavy atom. The minimum atomic E-state index is -0.0583. The van der Waals surface area contributed by atoms with Gasteiger partial charge in [-0.25, -0.2) is 0 Å². The zero-order valence-electron chi connectivity index (χ0n) is 12.2. The highest BCUT2D eigenvalue weighted by Gasteiger charge is 2.19. The molecule has 0 amide bonds. The standard InChI is InChI=1S/C16H28O2/c1-13(2)12-15(16(17)18-3)11-7-10-14-8-5-4-6-9-14/h7,10,13-15H,4-6,8-9,11-12H2,1-3H3/b10-7+. The number of carbonyl (C=O) groups excluding carboxylic acids is 1. The number of hydrogen-bond acceptors (Lipinski definition) is 2. The molecule has 0 bridgehead atoms. The summed E-state index contributed by atoms with van der Waals surface area (Å²) in [6, 6.07) is 0. The van der Waals surface area contributed by atoms with Gasteiger partial charge in [0.2, 0.25) is 0 Å². The summed E-state index contributed by atoms with van der Waals surface area (Å²) in [6.45, 7) is 4.31. The molecule has 0 heterocycles. The molecule has 104 valence electrons. The van der Waals surface area contributed by atoms with Crippen LogP contribution in [0.25, 0.3) is 0 Å². The maximum Gasteiger partial charge on any atom is 0.308 e. The van der Waals surface area contributed by atoms with E-state index in [4.69, 9.17) is 4.74 Å². The van der Waals surface area contributed by atoms with E-state index in [9.17, 15) is 4.79 Å². The fraction of sp³-hybridized carbons (Fsp3) is 0.812. The number of carbonyl (C=O) groups is 1. The van der Waals surface area contributed by atoms with Crippen molar-refractivity contribution >= 4 is 5.97 Å². The topological polar surface area (TPSA) is 26.3 Å². The molecule has 2 nitrogen and oxygen atoms in total. The van der Waals surface area contributed by atoms with Crippen molar-refractivity contribution in [2.24, 2.45) is 17.8 Å². The summed E-state index contributed by atoms with van der Waals surface area (Å²) in [5.74, 6) is 1.26. The van der Waals surface area contributed by atoms with Gasteiger partial charge in [-0.05, 0) is 37.5 Å². The van der Waals surface area contributed by atoms with Crippen LogP contribution in [0.5, 0.6) is 0 Å². The number of ether oxygens (including phenoxy) is 1. The highest BCUT2D eigenvalue weighted by Crippen LogP contribution is 2.25. The van der Waals surface area contributed by atoms with Crippen LogP contribution < -0.4 is 0 Å². The van der Waals surface area contributed by atoms with E-state index in [1.165, 1.54) is 39.2 Å². The number of methoxy groups -OCH3 is 1. The molecule has 0 aromatic carbocycles. The molecule has 2 heteroatoms. The average Bonchev–Trinajstić information content (AvgIpc) is 2.37. The lowest BCUT2D eigenvalue weighted by molar-refractivity contribution is -0.145. The van der Waals surface area contributed by atoms with Crippen molar-refractivity contribution in [3.8, 4) is 0 Å². The van der Waals surface area contributed by atoms with Crippen LogP contribution in [0.15, 0.2) is 12.2 Å². The Balaban J connectivity index is 2.39. The van der Waals surface area contributed by atoms with Crippen LogP contribution in [0.4, 0.5) is 0 Å². The molecular formula is C16H28O2. The second kappa shape index (κ2) is 8.34. The summed E-state index contributed by atoms with van der Waals surface area (Å²) in [5.41, 5.74) is 0. The molecule has 18 heavy (non-hydrogen) atoms. The first-order chi connectivity index (χ1) is 8.63. The van der Waals surface area contributed by atoms with Gasteiger partial charge in [0.25, 0.3) is 0 Å². The van der Waals surface area contributed by atoms with Crippen molar-refractivity contribution in [1.82, 2.24) is 0 Å². The molecular weight excluding hydrogens is 224 g/mol. The van der Waals surface area contributed by atoms with Crippen molar-refractivity contribution in [1.29, 1.82) is 0 Å². The van der Waals surface area contributed by atoms with E-state index in [2.05, 4.69) is 26.0 Å². The second-order valence-electron chi connectivity index (χ2n) is 5.91. The Hall–Kier alpha value is -0.790. The van der Waals surface area contributed by atoms with E-state index in [0.29, 0.717) is 5.92 Å². The van der Waals surface area contributed by atoms with Gasteiger partial charge in [-0.1, -0.05) is 45.3 Å². The third-order valence-electron chi connectivity index (χ3n) is 3.77. The molecule has 0 aromatic rings. The van der Waals surface area contributed by atoms with Crippen LogP contribution in [0.3, 0.4) is 0 Å². The van der Waals surface area contributed by atoms with Crippen LogP contribution in [0.1, 0.15) is 58.8 Å². The van der Waals surface area contributed by atoms with Crippen LogP contribution in [0.2, 0.25) is 0 Å². The van der Waals surface area contributed by atoms with Crippen LogP contribution in [0, 0.1) is 17.8 Å². The average molecular weight is 252 g/mol. The predicted molar refractivity (Wildman–Crippen MR) is 75.3 cm³/mol. The van der Waals surface area contributed by atoms with Crippen molar-refractivity contribution in [3.05, 3.63) is 12.2 Å². The molecule has 0 N–H and O–H groups in total. The number of hydrogen-bond donors (Lipinski definition) is 0. The van der Waals surface area contributed by atoms with Gasteiger partial charge in [-0.3, -0.25) is 4.79 Å². The molecule has 1 rings (SSSR count). The maximum atomic E-state index is 11.7. The minimum absolute atomic E-state index is 0.0369. The summed E-state index contributed by atoms with van der Waals surface area (Å²) >= 11 is 0. The first kappa shape index (κ1) is 15.3. The van der Waals surface area contributed by atoms with Crippen molar-refractivity contribution in [2.75, 3.05) is 7.11 Å². The maximum absolute atomic E-state index is 11.7. The quantitative estimate of drug-likeness (QED) is 0.519. The zero-order valence-corrected chi connectivity index (χ0v) is 12.2. The summed E-state index contributed by atoms with van der Waals surface area (Å²) in [5, 5.41) is 0. The van der Waals surface area contributed by atoms with E-state index in [1.807, 2.05) is 0 Å². The fourth-order valence-electron chi connectivity index (χ4n) is 2.79. The molecule has 1 fully saturated rings. The van der Waals surface area contributed by atoms with Gasteiger partial charge in [0.15, 0.2) is 0 Å². The second-order valence-corrected chi connectivity index (χ2v) is 5.91. The number of esters is 1. The largest absolute Gasteiger partial charge is 0.469 e. The Morgan fingerprint density at radius 1 is 1.28 bits per heavy atom. The third kappa shape index (κ3) is 5.70. The van der Waals surface area contributed by atoms with Crippen molar-refractivity contribution in [3.63, 3.8) is 0 Å². The smallest absolute Gasteiger partial charge is 0.308 e. The summed E-state index contributed by atoms with van der Waals surface area (Å²) in [7, 11) is 1.49. The Morgan fingerprint density at radius 2 is 1.94 bits per heavy atom. The van der Waals surface area contributed by atoms with Crippen molar-refractivity contribution < 1.29 is 9.53 Å². The fourth-order valence-corrected chi connectivity index (χ4v) is 2.79. The van der Waals surface area contributed by atoms with Crippen LogP contribution in [-0.2, 0) is 9.53 Å². The Labute approximate surface area is 112 Å². The van der Waals surface area contributed by atoms with Crippen molar-refractivity contribution in [2.45, 2.75) is 58.8 Å². The molecule has 0 spiro atoms. The summed E-state index contributed by atoms with van der Waals surface area (Å²) in [6.07, 6.45) is 13.1. The molecule has 0 saturated heterocycles. The molecule has 1 saturated carbocycles. The third-order valence-corrected chi connectivity index (χ3v) is 3.77. The van der Waals surface area contributed by atoms with E-state index in [-0.39, 0.29) is 11.9 Å². The van der Waals surface area contributed by atoms with Gasteiger partial charge in [0.1, 0.15) is 0 Å². The monoisotopic (exact) mass is 252 g/mol. The van der Waals surface area contributed by atoms with Gasteiger partial charge < -0.3 is 4.74 Å². The lowest BCUT2D eigenvalue weighted by Gasteiger charge is -2.18. The Bertz CT molecular complexity index is 262. The first-order valence-corrected chi connectivity index (χ1v) is 7.38. The van der Waals surface area contributed by atoms with Gasteiger partial charge >= 0.3 is 5.97 Å². The lowest BCUT2D eigenvalue weighted by Crippen LogP contribution is -2.17. The SMILES string of the molecule is COC(=O)C(C/C=C/C1CCCCC1)CC(C)C. The normalized spacial score (nSPS) is 19.3. The number of rotatable bonds is 6. The zero-order chi connectivity index (χ0) is 13.4. The molecule has 1 aliphatic carbocycles. The highest BCUT2D eigenvalue weighted by molar-refractivity contribution is 5.72. The van der Waals surface area contributed by atoms with E-state index in [1.54, 1.807) is 0 Å². The molecule has 1 unspecified atom stereocenters.